The van der Waals surface area contributed by atoms with Crippen LogP contribution in [0.15, 0.2) is 47.8 Å². The lowest BCUT2D eigenvalue weighted by atomic mass is 10.3. The standard InChI is InChI=1S/C15H16N4O4S/c20-15(14-11-16-5-6-17-14)18-12-1-3-13(4-2-12)24(21,22)19-7-9-23-10-8-19/h1-6,11H,7-10H2,(H,18,20). The van der Waals surface area contributed by atoms with Crippen LogP contribution in [0.5, 0.6) is 0 Å². The number of carbonyl (C=O) groups excluding carboxylic acids is 1. The van der Waals surface area contributed by atoms with Crippen molar-refractivity contribution in [3.05, 3.63) is 48.5 Å². The highest BCUT2D eigenvalue weighted by atomic mass is 32.2. The SMILES string of the molecule is O=C(Nc1ccc(S(=O)(=O)N2CCOCC2)cc1)c1cnccn1. The maximum Gasteiger partial charge on any atom is 0.275 e. The average molecular weight is 348 g/mol. The van der Waals surface area contributed by atoms with Crippen LogP contribution < -0.4 is 5.32 Å². The number of rotatable bonds is 4. The smallest absolute Gasteiger partial charge is 0.275 e. The molecule has 1 fully saturated rings. The third-order valence-corrected chi connectivity index (χ3v) is 5.43. The lowest BCUT2D eigenvalue weighted by molar-refractivity contribution is 0.0730. The molecule has 2 heterocycles. The van der Waals surface area contributed by atoms with Gasteiger partial charge in [0.15, 0.2) is 0 Å². The van der Waals surface area contributed by atoms with Gasteiger partial charge < -0.3 is 10.1 Å². The van der Waals surface area contributed by atoms with Gasteiger partial charge in [0, 0.05) is 31.2 Å². The van der Waals surface area contributed by atoms with Crippen molar-refractivity contribution in [2.24, 2.45) is 0 Å². The van der Waals surface area contributed by atoms with E-state index in [1.807, 2.05) is 0 Å². The lowest BCUT2D eigenvalue weighted by Gasteiger charge is -2.26. The van der Waals surface area contributed by atoms with Crippen LogP contribution in [0.2, 0.25) is 0 Å². The molecule has 1 aliphatic heterocycles. The van der Waals surface area contributed by atoms with Crippen LogP contribution in [0.1, 0.15) is 10.5 Å². The van der Waals surface area contributed by atoms with E-state index in [4.69, 9.17) is 4.74 Å². The molecule has 1 aliphatic rings. The normalized spacial score (nSPS) is 15.8. The zero-order chi connectivity index (χ0) is 17.0. The third kappa shape index (κ3) is 3.58. The summed E-state index contributed by atoms with van der Waals surface area (Å²) in [6.07, 6.45) is 4.25. The minimum Gasteiger partial charge on any atom is -0.379 e. The first-order valence-corrected chi connectivity index (χ1v) is 8.77. The molecule has 0 spiro atoms. The van der Waals surface area contributed by atoms with Crippen molar-refractivity contribution in [2.75, 3.05) is 31.6 Å². The maximum atomic E-state index is 12.5. The van der Waals surface area contributed by atoms with Crippen molar-refractivity contribution >= 4 is 21.6 Å². The van der Waals surface area contributed by atoms with Crippen molar-refractivity contribution in [2.45, 2.75) is 4.90 Å². The van der Waals surface area contributed by atoms with Crippen molar-refractivity contribution in [3.63, 3.8) is 0 Å². The number of amides is 1. The summed E-state index contributed by atoms with van der Waals surface area (Å²) in [7, 11) is -3.54. The largest absolute Gasteiger partial charge is 0.379 e. The molecule has 0 aliphatic carbocycles. The van der Waals surface area contributed by atoms with E-state index < -0.39 is 15.9 Å². The molecule has 0 unspecified atom stereocenters. The van der Waals surface area contributed by atoms with Gasteiger partial charge >= 0.3 is 0 Å². The number of carbonyl (C=O) groups is 1. The number of sulfonamides is 1. The Morgan fingerprint density at radius 1 is 1.12 bits per heavy atom. The monoisotopic (exact) mass is 348 g/mol. The second-order valence-electron chi connectivity index (χ2n) is 5.09. The van der Waals surface area contributed by atoms with Gasteiger partial charge in [-0.1, -0.05) is 0 Å². The summed E-state index contributed by atoms with van der Waals surface area (Å²) >= 11 is 0. The molecule has 0 radical (unpaired) electrons. The minimum absolute atomic E-state index is 0.182. The van der Waals surface area contributed by atoms with E-state index in [9.17, 15) is 13.2 Å². The highest BCUT2D eigenvalue weighted by Gasteiger charge is 2.26. The predicted molar refractivity (Wildman–Crippen MR) is 86.0 cm³/mol. The number of ether oxygens (including phenoxy) is 1. The first-order chi connectivity index (χ1) is 11.6. The Balaban J connectivity index is 1.72. The van der Waals surface area contributed by atoms with Gasteiger partial charge in [0.05, 0.1) is 24.3 Å². The summed E-state index contributed by atoms with van der Waals surface area (Å²) in [5, 5.41) is 2.65. The Labute approximate surface area is 139 Å². The molecule has 1 saturated heterocycles. The lowest BCUT2D eigenvalue weighted by Crippen LogP contribution is -2.40. The van der Waals surface area contributed by atoms with Crippen LogP contribution >= 0.6 is 0 Å². The summed E-state index contributed by atoms with van der Waals surface area (Å²) in [5.74, 6) is -0.410. The minimum atomic E-state index is -3.54. The molecule has 126 valence electrons. The molecule has 1 aromatic heterocycles. The Morgan fingerprint density at radius 3 is 2.46 bits per heavy atom. The van der Waals surface area contributed by atoms with Crippen LogP contribution in [0.3, 0.4) is 0 Å². The molecule has 0 bridgehead atoms. The number of aromatic nitrogens is 2. The summed E-state index contributed by atoms with van der Waals surface area (Å²) in [5.41, 5.74) is 0.661. The fourth-order valence-electron chi connectivity index (χ4n) is 2.26. The first-order valence-electron chi connectivity index (χ1n) is 7.33. The summed E-state index contributed by atoms with van der Waals surface area (Å²) in [6.45, 7) is 1.47. The summed E-state index contributed by atoms with van der Waals surface area (Å²) in [6, 6.07) is 6.03. The Kier molecular flexibility index (Phi) is 4.84. The Bertz CT molecular complexity index is 803. The molecule has 0 saturated carbocycles. The van der Waals surface area contributed by atoms with Gasteiger partial charge in [0.2, 0.25) is 10.0 Å². The van der Waals surface area contributed by atoms with E-state index in [0.29, 0.717) is 32.0 Å². The van der Waals surface area contributed by atoms with Crippen LogP contribution in [0, 0.1) is 0 Å². The molecule has 2 aromatic rings. The van der Waals surface area contributed by atoms with E-state index in [-0.39, 0.29) is 10.6 Å². The molecule has 3 rings (SSSR count). The van der Waals surface area contributed by atoms with Crippen molar-refractivity contribution < 1.29 is 17.9 Å². The quantitative estimate of drug-likeness (QED) is 0.875. The van der Waals surface area contributed by atoms with Gasteiger partial charge in [-0.2, -0.15) is 4.31 Å². The van der Waals surface area contributed by atoms with Crippen molar-refractivity contribution in [3.8, 4) is 0 Å². The number of nitrogens with one attached hydrogen (secondary N) is 1. The maximum absolute atomic E-state index is 12.5. The van der Waals surface area contributed by atoms with Crippen LogP contribution in [-0.4, -0.2) is 54.9 Å². The van der Waals surface area contributed by atoms with Crippen molar-refractivity contribution in [1.82, 2.24) is 14.3 Å². The number of anilines is 1. The fourth-order valence-corrected chi connectivity index (χ4v) is 3.67. The second-order valence-corrected chi connectivity index (χ2v) is 7.02. The Morgan fingerprint density at radius 2 is 1.83 bits per heavy atom. The summed E-state index contributed by atoms with van der Waals surface area (Å²) < 4.78 is 31.6. The third-order valence-electron chi connectivity index (χ3n) is 3.52. The van der Waals surface area contributed by atoms with E-state index >= 15 is 0 Å². The van der Waals surface area contributed by atoms with E-state index in [2.05, 4.69) is 15.3 Å². The van der Waals surface area contributed by atoms with Gasteiger partial charge in [0.1, 0.15) is 5.69 Å². The Hall–Kier alpha value is -2.36. The molecule has 0 atom stereocenters. The van der Waals surface area contributed by atoms with Crippen LogP contribution in [0.25, 0.3) is 0 Å². The van der Waals surface area contributed by atoms with Crippen molar-refractivity contribution in [1.29, 1.82) is 0 Å². The molecular formula is C15H16N4O4S. The summed E-state index contributed by atoms with van der Waals surface area (Å²) in [4.78, 5) is 19.9. The number of hydrogen-bond acceptors (Lipinski definition) is 6. The molecule has 1 N–H and O–H groups in total. The molecule has 8 nitrogen and oxygen atoms in total. The number of benzene rings is 1. The van der Waals surface area contributed by atoms with E-state index in [0.717, 1.165) is 0 Å². The van der Waals surface area contributed by atoms with E-state index in [1.54, 1.807) is 12.1 Å². The number of hydrogen-bond donors (Lipinski definition) is 1. The molecule has 1 amide bonds. The molecule has 1 aromatic carbocycles. The zero-order valence-corrected chi connectivity index (χ0v) is 13.6. The predicted octanol–water partition coefficient (Wildman–Crippen LogP) is 0.750. The first kappa shape index (κ1) is 16.5. The average Bonchev–Trinajstić information content (AvgIpc) is 2.63. The topological polar surface area (TPSA) is 101 Å². The fraction of sp³-hybridized carbons (Fsp3) is 0.267. The molecule has 9 heteroatoms. The van der Waals surface area contributed by atoms with Gasteiger partial charge in [0.25, 0.3) is 5.91 Å². The highest BCUT2D eigenvalue weighted by Crippen LogP contribution is 2.19. The number of nitrogens with zero attached hydrogens (tertiary/aromatic N) is 3. The molecule has 24 heavy (non-hydrogen) atoms. The van der Waals surface area contributed by atoms with E-state index in [1.165, 1.54) is 35.0 Å². The van der Waals surface area contributed by atoms with Gasteiger partial charge in [-0.25, -0.2) is 13.4 Å². The van der Waals surface area contributed by atoms with Gasteiger partial charge in [-0.3, -0.25) is 9.78 Å². The van der Waals surface area contributed by atoms with Gasteiger partial charge in [-0.05, 0) is 24.3 Å². The number of morpholine rings is 1. The van der Waals surface area contributed by atoms with Crippen LogP contribution in [-0.2, 0) is 14.8 Å². The van der Waals surface area contributed by atoms with Gasteiger partial charge in [-0.15, -0.1) is 0 Å². The molecular weight excluding hydrogens is 332 g/mol. The highest BCUT2D eigenvalue weighted by molar-refractivity contribution is 7.89. The second kappa shape index (κ2) is 7.04. The van der Waals surface area contributed by atoms with Crippen LogP contribution in [0.4, 0.5) is 5.69 Å². The zero-order valence-electron chi connectivity index (χ0n) is 12.8.